The zero-order chi connectivity index (χ0) is 15.8. The molecule has 1 aliphatic carbocycles. The third-order valence-electron chi connectivity index (χ3n) is 3.66. The van der Waals surface area contributed by atoms with Crippen LogP contribution in [0.15, 0.2) is 0 Å². The Morgan fingerprint density at radius 1 is 1.33 bits per heavy atom. The molecule has 1 saturated carbocycles. The van der Waals surface area contributed by atoms with Crippen molar-refractivity contribution in [3.8, 4) is 0 Å². The normalized spacial score (nSPS) is 16.5. The van der Waals surface area contributed by atoms with Gasteiger partial charge in [0.15, 0.2) is 0 Å². The zero-order valence-electron chi connectivity index (χ0n) is 12.6. The maximum atomic E-state index is 12.2. The largest absolute Gasteiger partial charge is 0.480 e. The van der Waals surface area contributed by atoms with E-state index in [0.717, 1.165) is 25.7 Å². The highest BCUT2D eigenvalue weighted by Crippen LogP contribution is 2.24. The quantitative estimate of drug-likeness (QED) is 0.669. The molecule has 0 saturated heterocycles. The minimum Gasteiger partial charge on any atom is -0.480 e. The first-order chi connectivity index (χ1) is 9.95. The summed E-state index contributed by atoms with van der Waals surface area (Å²) in [6.07, 6.45) is 3.79. The Labute approximate surface area is 124 Å². The molecule has 0 aromatic heterocycles. The van der Waals surface area contributed by atoms with Crippen molar-refractivity contribution in [2.45, 2.75) is 38.6 Å². The Hall–Kier alpha value is -1.63. The van der Waals surface area contributed by atoms with Crippen LogP contribution in [0.25, 0.3) is 0 Å². The second kappa shape index (κ2) is 8.61. The van der Waals surface area contributed by atoms with Gasteiger partial charge in [-0.2, -0.15) is 0 Å². The molecule has 1 atom stereocenters. The molecule has 7 heteroatoms. The van der Waals surface area contributed by atoms with Crippen molar-refractivity contribution in [3.05, 3.63) is 0 Å². The predicted molar refractivity (Wildman–Crippen MR) is 75.7 cm³/mol. The topological polar surface area (TPSA) is 95.9 Å². The summed E-state index contributed by atoms with van der Waals surface area (Å²) in [5.41, 5.74) is 0. The van der Waals surface area contributed by atoms with Crippen LogP contribution in [0, 0.1) is 5.92 Å². The number of hydrogen-bond acceptors (Lipinski definition) is 4. The number of carboxylic acid groups (broad SMARTS) is 1. The lowest BCUT2D eigenvalue weighted by Gasteiger charge is -2.25. The maximum Gasteiger partial charge on any atom is 0.323 e. The molecule has 0 aliphatic heterocycles. The van der Waals surface area contributed by atoms with E-state index >= 15 is 0 Å². The molecule has 0 spiro atoms. The van der Waals surface area contributed by atoms with E-state index in [0.29, 0.717) is 0 Å². The van der Waals surface area contributed by atoms with Crippen LogP contribution >= 0.6 is 0 Å². The lowest BCUT2D eigenvalue weighted by Crippen LogP contribution is -2.50. The van der Waals surface area contributed by atoms with E-state index < -0.39 is 24.5 Å². The fraction of sp³-hybridized carbons (Fsp3) is 0.786. The van der Waals surface area contributed by atoms with Gasteiger partial charge in [0, 0.05) is 19.6 Å². The van der Waals surface area contributed by atoms with Gasteiger partial charge in [0.05, 0.1) is 6.61 Å². The number of nitrogens with one attached hydrogen (secondary N) is 1. The molecule has 0 radical (unpaired) electrons. The molecule has 0 bridgehead atoms. The molecule has 21 heavy (non-hydrogen) atoms. The second-order valence-corrected chi connectivity index (χ2v) is 5.36. The number of aliphatic carboxylic acids is 1. The zero-order valence-corrected chi connectivity index (χ0v) is 12.6. The Morgan fingerprint density at radius 3 is 2.48 bits per heavy atom. The highest BCUT2D eigenvalue weighted by Gasteiger charge is 2.28. The Morgan fingerprint density at radius 2 is 1.95 bits per heavy atom. The summed E-state index contributed by atoms with van der Waals surface area (Å²) in [5.74, 6) is -1.63. The van der Waals surface area contributed by atoms with Gasteiger partial charge in [0.2, 0.25) is 11.8 Å². The number of carbonyl (C=O) groups is 3. The summed E-state index contributed by atoms with van der Waals surface area (Å²) in [4.78, 5) is 36.2. The van der Waals surface area contributed by atoms with E-state index in [2.05, 4.69) is 5.32 Å². The highest BCUT2D eigenvalue weighted by atomic mass is 16.5. The summed E-state index contributed by atoms with van der Waals surface area (Å²) in [6, 6.07) is -0.727. The van der Waals surface area contributed by atoms with Crippen LogP contribution in [0.4, 0.5) is 0 Å². The third kappa shape index (κ3) is 5.71. The van der Waals surface area contributed by atoms with Crippen molar-refractivity contribution < 1.29 is 24.2 Å². The number of rotatable bonds is 8. The van der Waals surface area contributed by atoms with Crippen LogP contribution in [-0.2, 0) is 19.1 Å². The van der Waals surface area contributed by atoms with Crippen molar-refractivity contribution in [1.29, 1.82) is 0 Å². The number of amides is 2. The van der Waals surface area contributed by atoms with Crippen molar-refractivity contribution in [2.24, 2.45) is 5.92 Å². The summed E-state index contributed by atoms with van der Waals surface area (Å²) in [6.45, 7) is 1.62. The Balaban J connectivity index is 2.54. The summed E-state index contributed by atoms with van der Waals surface area (Å²) in [5, 5.41) is 11.5. The van der Waals surface area contributed by atoms with Crippen molar-refractivity contribution in [2.75, 3.05) is 26.8 Å². The van der Waals surface area contributed by atoms with E-state index in [-0.39, 0.29) is 25.0 Å². The van der Waals surface area contributed by atoms with Gasteiger partial charge < -0.3 is 20.1 Å². The monoisotopic (exact) mass is 300 g/mol. The van der Waals surface area contributed by atoms with Crippen LogP contribution in [0.1, 0.15) is 32.6 Å². The molecule has 120 valence electrons. The first kappa shape index (κ1) is 17.4. The van der Waals surface area contributed by atoms with Gasteiger partial charge >= 0.3 is 5.97 Å². The Bertz CT molecular complexity index is 380. The lowest BCUT2D eigenvalue weighted by atomic mass is 10.1. The van der Waals surface area contributed by atoms with Gasteiger partial charge in [-0.05, 0) is 19.8 Å². The molecule has 1 aliphatic rings. The molecule has 0 aromatic carbocycles. The van der Waals surface area contributed by atoms with Crippen LogP contribution < -0.4 is 5.32 Å². The van der Waals surface area contributed by atoms with Crippen molar-refractivity contribution >= 4 is 17.8 Å². The first-order valence-electron chi connectivity index (χ1n) is 7.25. The standard InChI is InChI=1S/C14H24N2O5/c1-10(15-13(19)11-5-3-4-6-11)14(20)16(7-8-21-2)9-12(17)18/h10-11H,3-9H2,1-2H3,(H,15,19)(H,17,18). The third-order valence-corrected chi connectivity index (χ3v) is 3.66. The van der Waals surface area contributed by atoms with E-state index in [1.807, 2.05) is 0 Å². The summed E-state index contributed by atoms with van der Waals surface area (Å²) in [7, 11) is 1.48. The van der Waals surface area contributed by atoms with Gasteiger partial charge in [0.1, 0.15) is 12.6 Å². The van der Waals surface area contributed by atoms with E-state index in [4.69, 9.17) is 9.84 Å². The highest BCUT2D eigenvalue weighted by molar-refractivity contribution is 5.89. The fourth-order valence-corrected chi connectivity index (χ4v) is 2.49. The average Bonchev–Trinajstić information content (AvgIpc) is 2.96. The molecule has 0 heterocycles. The SMILES string of the molecule is COCCN(CC(=O)O)C(=O)C(C)NC(=O)C1CCCC1. The molecule has 2 amide bonds. The van der Waals surface area contributed by atoms with Crippen molar-refractivity contribution in [1.82, 2.24) is 10.2 Å². The molecule has 7 nitrogen and oxygen atoms in total. The molecule has 1 fully saturated rings. The van der Waals surface area contributed by atoms with Gasteiger partial charge in [-0.25, -0.2) is 0 Å². The maximum absolute atomic E-state index is 12.2. The van der Waals surface area contributed by atoms with Gasteiger partial charge in [-0.3, -0.25) is 14.4 Å². The number of carboxylic acids is 1. The van der Waals surface area contributed by atoms with Crippen LogP contribution in [0.3, 0.4) is 0 Å². The van der Waals surface area contributed by atoms with Crippen molar-refractivity contribution in [3.63, 3.8) is 0 Å². The van der Waals surface area contributed by atoms with E-state index in [9.17, 15) is 14.4 Å². The van der Waals surface area contributed by atoms with Crippen LogP contribution in [0.5, 0.6) is 0 Å². The van der Waals surface area contributed by atoms with Gasteiger partial charge in [-0.1, -0.05) is 12.8 Å². The molecule has 2 N–H and O–H groups in total. The summed E-state index contributed by atoms with van der Waals surface area (Å²) >= 11 is 0. The molecule has 1 unspecified atom stereocenters. The minimum atomic E-state index is -1.09. The van der Waals surface area contributed by atoms with E-state index in [1.54, 1.807) is 6.92 Å². The average molecular weight is 300 g/mol. The fourth-order valence-electron chi connectivity index (χ4n) is 2.49. The first-order valence-corrected chi connectivity index (χ1v) is 7.25. The van der Waals surface area contributed by atoms with Crippen LogP contribution in [0.2, 0.25) is 0 Å². The lowest BCUT2D eigenvalue weighted by molar-refractivity contribution is -0.146. The minimum absolute atomic E-state index is 0.0212. The van der Waals surface area contributed by atoms with E-state index in [1.165, 1.54) is 12.0 Å². The van der Waals surface area contributed by atoms with Gasteiger partial charge in [0.25, 0.3) is 0 Å². The number of nitrogens with zero attached hydrogens (tertiary/aromatic N) is 1. The molecule has 0 aromatic rings. The molecular weight excluding hydrogens is 276 g/mol. The molecular formula is C14H24N2O5. The number of methoxy groups -OCH3 is 1. The summed E-state index contributed by atoms with van der Waals surface area (Å²) < 4.78 is 4.87. The van der Waals surface area contributed by atoms with Crippen LogP contribution in [-0.4, -0.2) is 60.6 Å². The number of carbonyl (C=O) groups excluding carboxylic acids is 2. The smallest absolute Gasteiger partial charge is 0.323 e. The predicted octanol–water partition coefficient (Wildman–Crippen LogP) is 0.241. The number of ether oxygens (including phenoxy) is 1. The Kier molecular flexibility index (Phi) is 7.14. The second-order valence-electron chi connectivity index (χ2n) is 5.36. The number of hydrogen-bond donors (Lipinski definition) is 2. The van der Waals surface area contributed by atoms with Gasteiger partial charge in [-0.15, -0.1) is 0 Å². The molecule has 1 rings (SSSR count).